The molecular formula is C33H42ClN3O4S. The third-order valence-electron chi connectivity index (χ3n) is 6.77. The molecule has 3 aromatic rings. The van der Waals surface area contributed by atoms with Gasteiger partial charge in [0.1, 0.15) is 12.6 Å². The van der Waals surface area contributed by atoms with Crippen LogP contribution in [0.2, 0.25) is 5.02 Å². The van der Waals surface area contributed by atoms with Crippen LogP contribution in [0.4, 0.5) is 5.69 Å². The predicted octanol–water partition coefficient (Wildman–Crippen LogP) is 5.96. The van der Waals surface area contributed by atoms with Gasteiger partial charge in [0.25, 0.3) is 0 Å². The number of carbonyl (C=O) groups is 2. The van der Waals surface area contributed by atoms with Crippen LogP contribution in [0, 0.1) is 0 Å². The van der Waals surface area contributed by atoms with Crippen molar-refractivity contribution in [2.45, 2.75) is 71.5 Å². The van der Waals surface area contributed by atoms with Gasteiger partial charge in [-0.1, -0.05) is 93.0 Å². The van der Waals surface area contributed by atoms with E-state index in [2.05, 4.69) is 26.1 Å². The predicted molar refractivity (Wildman–Crippen MR) is 171 cm³/mol. The van der Waals surface area contributed by atoms with Crippen LogP contribution in [0.1, 0.15) is 58.2 Å². The highest BCUT2D eigenvalue weighted by Gasteiger charge is 2.34. The minimum atomic E-state index is -3.85. The molecule has 0 bridgehead atoms. The number of benzene rings is 3. The molecular weight excluding hydrogens is 570 g/mol. The summed E-state index contributed by atoms with van der Waals surface area (Å²) in [6.45, 7) is 11.4. The van der Waals surface area contributed by atoms with Crippen molar-refractivity contribution in [3.8, 4) is 0 Å². The van der Waals surface area contributed by atoms with Gasteiger partial charge in [-0.3, -0.25) is 13.9 Å². The van der Waals surface area contributed by atoms with Gasteiger partial charge >= 0.3 is 0 Å². The molecule has 1 N–H and O–H groups in total. The number of nitrogens with zero attached hydrogens (tertiary/aromatic N) is 2. The Kier molecular flexibility index (Phi) is 10.5. The monoisotopic (exact) mass is 611 g/mol. The number of sulfonamides is 1. The molecule has 0 fully saturated rings. The Labute approximate surface area is 255 Å². The molecule has 3 rings (SSSR count). The van der Waals surface area contributed by atoms with Crippen LogP contribution in [-0.4, -0.2) is 49.5 Å². The van der Waals surface area contributed by atoms with Crippen molar-refractivity contribution in [1.82, 2.24) is 10.2 Å². The lowest BCUT2D eigenvalue weighted by Crippen LogP contribution is -2.56. The number of halogens is 1. The Morgan fingerprint density at radius 1 is 0.857 bits per heavy atom. The van der Waals surface area contributed by atoms with Crippen molar-refractivity contribution in [3.63, 3.8) is 0 Å². The lowest BCUT2D eigenvalue weighted by Gasteiger charge is -2.35. The number of hydrogen-bond acceptors (Lipinski definition) is 4. The Balaban J connectivity index is 2.08. The summed E-state index contributed by atoms with van der Waals surface area (Å²) in [5.74, 6) is -0.863. The minimum absolute atomic E-state index is 0.0220. The number of rotatable bonds is 10. The first-order chi connectivity index (χ1) is 19.5. The number of nitrogens with one attached hydrogen (secondary N) is 1. The van der Waals surface area contributed by atoms with Gasteiger partial charge in [-0.2, -0.15) is 0 Å². The van der Waals surface area contributed by atoms with Crippen LogP contribution < -0.4 is 9.62 Å². The zero-order valence-electron chi connectivity index (χ0n) is 25.5. The largest absolute Gasteiger partial charge is 0.350 e. The smallest absolute Gasteiger partial charge is 0.244 e. The lowest BCUT2D eigenvalue weighted by molar-refractivity contribution is -0.140. The molecule has 0 saturated heterocycles. The van der Waals surface area contributed by atoms with Crippen molar-refractivity contribution < 1.29 is 18.0 Å². The summed E-state index contributed by atoms with van der Waals surface area (Å²) in [4.78, 5) is 29.5. The minimum Gasteiger partial charge on any atom is -0.350 e. The Morgan fingerprint density at radius 2 is 1.43 bits per heavy atom. The summed E-state index contributed by atoms with van der Waals surface area (Å²) in [7, 11) is -3.85. The van der Waals surface area contributed by atoms with Gasteiger partial charge in [0.15, 0.2) is 0 Å². The fraction of sp³-hybridized carbons (Fsp3) is 0.394. The topological polar surface area (TPSA) is 86.8 Å². The van der Waals surface area contributed by atoms with Crippen molar-refractivity contribution in [1.29, 1.82) is 0 Å². The highest BCUT2D eigenvalue weighted by molar-refractivity contribution is 7.92. The van der Waals surface area contributed by atoms with E-state index in [0.717, 1.165) is 21.7 Å². The summed E-state index contributed by atoms with van der Waals surface area (Å²) in [6.07, 6.45) is 1.31. The molecule has 42 heavy (non-hydrogen) atoms. The molecule has 0 aliphatic carbocycles. The number of anilines is 1. The van der Waals surface area contributed by atoms with E-state index in [0.29, 0.717) is 16.3 Å². The normalized spacial score (nSPS) is 12.9. The van der Waals surface area contributed by atoms with E-state index in [-0.39, 0.29) is 24.3 Å². The molecule has 0 aliphatic heterocycles. The van der Waals surface area contributed by atoms with Gasteiger partial charge < -0.3 is 10.2 Å². The van der Waals surface area contributed by atoms with E-state index in [9.17, 15) is 18.0 Å². The van der Waals surface area contributed by atoms with Crippen LogP contribution in [-0.2, 0) is 38.0 Å². The Hall–Kier alpha value is -3.36. The molecule has 226 valence electrons. The number of hydrogen-bond donors (Lipinski definition) is 1. The molecule has 3 aromatic carbocycles. The third kappa shape index (κ3) is 9.33. The van der Waals surface area contributed by atoms with Crippen LogP contribution in [0.15, 0.2) is 78.9 Å². The lowest BCUT2D eigenvalue weighted by atomic mass is 9.87. The highest BCUT2D eigenvalue weighted by atomic mass is 35.5. The van der Waals surface area contributed by atoms with E-state index in [1.54, 1.807) is 30.3 Å². The molecule has 0 radical (unpaired) electrons. The molecule has 7 nitrogen and oxygen atoms in total. The maximum atomic E-state index is 14.2. The number of amides is 2. The fourth-order valence-electron chi connectivity index (χ4n) is 4.56. The zero-order valence-corrected chi connectivity index (χ0v) is 27.1. The molecule has 0 saturated carbocycles. The van der Waals surface area contributed by atoms with Crippen LogP contribution >= 0.6 is 11.6 Å². The molecule has 0 heterocycles. The van der Waals surface area contributed by atoms with E-state index in [4.69, 9.17) is 11.6 Å². The average Bonchev–Trinajstić information content (AvgIpc) is 2.88. The average molecular weight is 612 g/mol. The summed E-state index contributed by atoms with van der Waals surface area (Å²) < 4.78 is 27.1. The van der Waals surface area contributed by atoms with E-state index in [1.807, 2.05) is 69.3 Å². The highest BCUT2D eigenvalue weighted by Crippen LogP contribution is 2.27. The van der Waals surface area contributed by atoms with Gasteiger partial charge in [0.05, 0.1) is 11.9 Å². The molecule has 1 atom stereocenters. The maximum Gasteiger partial charge on any atom is 0.244 e. The summed E-state index contributed by atoms with van der Waals surface area (Å²) >= 11 is 6.50. The standard InChI is InChI=1S/C33H42ClN3O4S/c1-32(2,3)26-17-19-27(20-18-26)37(42(7,40)41)23-30(38)36(22-25-15-11-12-16-28(25)34)29(31(39)35-33(4,5)6)21-24-13-9-8-10-14-24/h8-20,29H,21-23H2,1-7H3,(H,35,39)/t29-/m0/s1. The van der Waals surface area contributed by atoms with Crippen LogP contribution in [0.5, 0.6) is 0 Å². The quantitative estimate of drug-likeness (QED) is 0.307. The maximum absolute atomic E-state index is 14.2. The first-order valence-electron chi connectivity index (χ1n) is 13.9. The molecule has 0 unspecified atom stereocenters. The van der Waals surface area contributed by atoms with E-state index in [1.165, 1.54) is 4.90 Å². The molecule has 0 aromatic heterocycles. The third-order valence-corrected chi connectivity index (χ3v) is 8.28. The van der Waals surface area contributed by atoms with Crippen molar-refractivity contribution in [2.75, 3.05) is 17.1 Å². The second-order valence-corrected chi connectivity index (χ2v) is 14.9. The van der Waals surface area contributed by atoms with Crippen molar-refractivity contribution in [2.24, 2.45) is 0 Å². The molecule has 0 aliphatic rings. The van der Waals surface area contributed by atoms with Gasteiger partial charge in [-0.25, -0.2) is 8.42 Å². The summed E-state index contributed by atoms with van der Waals surface area (Å²) in [6, 6.07) is 22.8. The molecule has 0 spiro atoms. The number of carbonyl (C=O) groups excluding carboxylic acids is 2. The van der Waals surface area contributed by atoms with Crippen LogP contribution in [0.25, 0.3) is 0 Å². The Morgan fingerprint density at radius 3 is 1.95 bits per heavy atom. The SMILES string of the molecule is CC(C)(C)NC(=O)[C@H](Cc1ccccc1)N(Cc1ccccc1Cl)C(=O)CN(c1ccc(C(C)(C)C)cc1)S(C)(=O)=O. The summed E-state index contributed by atoms with van der Waals surface area (Å²) in [5, 5.41) is 3.46. The zero-order chi connectivity index (χ0) is 31.3. The second kappa shape index (κ2) is 13.3. The van der Waals surface area contributed by atoms with Gasteiger partial charge in [-0.05, 0) is 61.1 Å². The second-order valence-electron chi connectivity index (χ2n) is 12.6. The van der Waals surface area contributed by atoms with Gasteiger partial charge in [0, 0.05) is 23.5 Å². The van der Waals surface area contributed by atoms with Crippen molar-refractivity contribution >= 4 is 39.1 Å². The van der Waals surface area contributed by atoms with E-state index < -0.39 is 34.1 Å². The summed E-state index contributed by atoms with van der Waals surface area (Å²) in [5.41, 5.74) is 2.24. The first-order valence-corrected chi connectivity index (χ1v) is 16.2. The Bertz CT molecular complexity index is 1480. The first kappa shape index (κ1) is 33.1. The molecule has 2 amide bonds. The fourth-order valence-corrected chi connectivity index (χ4v) is 5.60. The molecule has 9 heteroatoms. The van der Waals surface area contributed by atoms with E-state index >= 15 is 0 Å². The van der Waals surface area contributed by atoms with Crippen LogP contribution in [0.3, 0.4) is 0 Å². The van der Waals surface area contributed by atoms with Gasteiger partial charge in [0.2, 0.25) is 21.8 Å². The van der Waals surface area contributed by atoms with Crippen molar-refractivity contribution in [3.05, 3.63) is 101 Å². The van der Waals surface area contributed by atoms with Gasteiger partial charge in [-0.15, -0.1) is 0 Å².